The summed E-state index contributed by atoms with van der Waals surface area (Å²) < 4.78 is 4.87. The third-order valence-electron chi connectivity index (χ3n) is 7.08. The summed E-state index contributed by atoms with van der Waals surface area (Å²) in [5.74, 6) is 0.225. The first-order valence-electron chi connectivity index (χ1n) is 11.0. The Morgan fingerprint density at radius 3 is 2.80 bits per heavy atom. The first-order chi connectivity index (χ1) is 14.6. The lowest BCUT2D eigenvalue weighted by molar-refractivity contribution is -0.134. The van der Waals surface area contributed by atoms with Crippen LogP contribution in [0.5, 0.6) is 5.75 Å². The number of esters is 1. The van der Waals surface area contributed by atoms with Gasteiger partial charge in [0.25, 0.3) is 0 Å². The highest BCUT2D eigenvalue weighted by molar-refractivity contribution is 5.81. The topological polar surface area (TPSA) is 49.8 Å². The molecule has 1 saturated heterocycles. The van der Waals surface area contributed by atoms with Gasteiger partial charge in [-0.15, -0.1) is 0 Å². The van der Waals surface area contributed by atoms with E-state index in [0.717, 1.165) is 45.2 Å². The molecule has 0 unspecified atom stereocenters. The molecule has 2 fully saturated rings. The molecule has 2 aromatic rings. The van der Waals surface area contributed by atoms with E-state index in [1.807, 2.05) is 12.1 Å². The third kappa shape index (κ3) is 4.15. The molecule has 4 heteroatoms. The minimum atomic E-state index is -0.305. The second-order valence-electron chi connectivity index (χ2n) is 8.60. The zero-order valence-electron chi connectivity index (χ0n) is 17.7. The van der Waals surface area contributed by atoms with Gasteiger partial charge in [0.1, 0.15) is 5.75 Å². The SMILES string of the molecule is COC(=O)/C=C/[C@H]1[C@@H]2CCC[C@@]1(c1cccc(O)c1)CCN2CCc1ccccc1. The number of rotatable bonds is 6. The number of likely N-dealkylation sites (tertiary alicyclic amines) is 1. The zero-order chi connectivity index (χ0) is 21.0. The van der Waals surface area contributed by atoms with Crippen LogP contribution < -0.4 is 0 Å². The van der Waals surface area contributed by atoms with Crippen LogP contribution in [0.2, 0.25) is 0 Å². The first kappa shape index (κ1) is 20.7. The lowest BCUT2D eigenvalue weighted by Gasteiger charge is -2.56. The summed E-state index contributed by atoms with van der Waals surface area (Å²) in [6.07, 6.45) is 9.10. The van der Waals surface area contributed by atoms with Crippen LogP contribution in [0.15, 0.2) is 66.7 Å². The molecule has 1 N–H and O–H groups in total. The summed E-state index contributed by atoms with van der Waals surface area (Å²) in [6, 6.07) is 18.7. The number of fused-ring (bicyclic) bond motifs is 2. The van der Waals surface area contributed by atoms with Crippen molar-refractivity contribution in [2.75, 3.05) is 20.2 Å². The number of ether oxygens (including phenoxy) is 1. The molecule has 4 rings (SSSR count). The first-order valence-corrected chi connectivity index (χ1v) is 11.0. The quantitative estimate of drug-likeness (QED) is 0.569. The predicted octanol–water partition coefficient (Wildman–Crippen LogP) is 4.48. The average Bonchev–Trinajstić information content (AvgIpc) is 2.77. The van der Waals surface area contributed by atoms with Gasteiger partial charge in [0.15, 0.2) is 0 Å². The van der Waals surface area contributed by atoms with E-state index >= 15 is 0 Å². The smallest absolute Gasteiger partial charge is 0.330 e. The number of hydrogen-bond acceptors (Lipinski definition) is 4. The van der Waals surface area contributed by atoms with Crippen molar-refractivity contribution in [3.63, 3.8) is 0 Å². The minimum Gasteiger partial charge on any atom is -0.508 e. The molecule has 3 atom stereocenters. The van der Waals surface area contributed by atoms with Crippen molar-refractivity contribution >= 4 is 5.97 Å². The van der Waals surface area contributed by atoms with Crippen molar-refractivity contribution in [1.82, 2.24) is 4.90 Å². The molecule has 1 aliphatic heterocycles. The van der Waals surface area contributed by atoms with Crippen molar-refractivity contribution in [3.8, 4) is 5.75 Å². The summed E-state index contributed by atoms with van der Waals surface area (Å²) in [7, 11) is 1.42. The Morgan fingerprint density at radius 1 is 1.20 bits per heavy atom. The van der Waals surface area contributed by atoms with Gasteiger partial charge in [-0.05, 0) is 55.5 Å². The summed E-state index contributed by atoms with van der Waals surface area (Å²) >= 11 is 0. The standard InChI is InChI=1S/C26H31NO3/c1-30-25(29)13-12-23-24-11-6-15-26(23,21-9-5-10-22(28)19-21)16-18-27(24)17-14-20-7-3-2-4-8-20/h2-5,7-10,12-13,19,23-24,28H,6,11,14-18H2,1H3/b13-12+/t23-,24-,26-/m0/s1. The van der Waals surface area contributed by atoms with Crippen LogP contribution >= 0.6 is 0 Å². The summed E-state index contributed by atoms with van der Waals surface area (Å²) in [6.45, 7) is 2.06. The van der Waals surface area contributed by atoms with E-state index in [9.17, 15) is 9.90 Å². The average molecular weight is 406 g/mol. The maximum atomic E-state index is 11.9. The molecule has 4 nitrogen and oxygen atoms in total. The van der Waals surface area contributed by atoms with E-state index in [0.29, 0.717) is 11.8 Å². The second kappa shape index (κ2) is 9.05. The van der Waals surface area contributed by atoms with E-state index in [2.05, 4.69) is 47.4 Å². The van der Waals surface area contributed by atoms with Crippen LogP contribution in [0.25, 0.3) is 0 Å². The van der Waals surface area contributed by atoms with Gasteiger partial charge in [0.05, 0.1) is 7.11 Å². The molecular weight excluding hydrogens is 374 g/mol. The highest BCUT2D eigenvalue weighted by atomic mass is 16.5. The summed E-state index contributed by atoms with van der Waals surface area (Å²) in [5, 5.41) is 10.1. The Balaban J connectivity index is 1.63. The lowest BCUT2D eigenvalue weighted by Crippen LogP contribution is -2.58. The molecular formula is C26H31NO3. The number of phenolic OH excluding ortho intramolecular Hbond substituents is 1. The van der Waals surface area contributed by atoms with E-state index < -0.39 is 0 Å². The second-order valence-corrected chi connectivity index (χ2v) is 8.60. The van der Waals surface area contributed by atoms with Crippen molar-refractivity contribution < 1.29 is 14.6 Å². The largest absolute Gasteiger partial charge is 0.508 e. The molecule has 30 heavy (non-hydrogen) atoms. The molecule has 1 heterocycles. The van der Waals surface area contributed by atoms with Crippen molar-refractivity contribution in [2.24, 2.45) is 5.92 Å². The fourth-order valence-electron chi connectivity index (χ4n) is 5.61. The van der Waals surface area contributed by atoms with Crippen LogP contribution in [0.4, 0.5) is 0 Å². The number of benzene rings is 2. The van der Waals surface area contributed by atoms with E-state index in [4.69, 9.17) is 4.74 Å². The van der Waals surface area contributed by atoms with E-state index in [1.165, 1.54) is 18.2 Å². The molecule has 2 bridgehead atoms. The number of carbonyl (C=O) groups excluding carboxylic acids is 1. The Bertz CT molecular complexity index is 894. The summed E-state index contributed by atoms with van der Waals surface area (Å²) in [5.41, 5.74) is 2.50. The molecule has 0 spiro atoms. The molecule has 1 saturated carbocycles. The van der Waals surface area contributed by atoms with Gasteiger partial charge >= 0.3 is 5.97 Å². The maximum absolute atomic E-state index is 11.9. The van der Waals surface area contributed by atoms with E-state index in [-0.39, 0.29) is 17.3 Å². The van der Waals surface area contributed by atoms with Gasteiger partial charge in [0.2, 0.25) is 0 Å². The van der Waals surface area contributed by atoms with Gasteiger partial charge in [-0.2, -0.15) is 0 Å². The normalized spacial score (nSPS) is 26.6. The van der Waals surface area contributed by atoms with Crippen LogP contribution in [-0.4, -0.2) is 42.2 Å². The minimum absolute atomic E-state index is 0.0462. The van der Waals surface area contributed by atoms with Gasteiger partial charge < -0.3 is 9.84 Å². The summed E-state index contributed by atoms with van der Waals surface area (Å²) in [4.78, 5) is 14.5. The van der Waals surface area contributed by atoms with Gasteiger partial charge in [0, 0.05) is 30.0 Å². The highest BCUT2D eigenvalue weighted by Gasteiger charge is 2.50. The molecule has 1 aliphatic carbocycles. The molecule has 2 aromatic carbocycles. The van der Waals surface area contributed by atoms with Crippen molar-refractivity contribution in [2.45, 2.75) is 43.6 Å². The highest BCUT2D eigenvalue weighted by Crippen LogP contribution is 2.52. The Morgan fingerprint density at radius 2 is 2.03 bits per heavy atom. The zero-order valence-corrected chi connectivity index (χ0v) is 17.7. The number of methoxy groups -OCH3 is 1. The molecule has 0 radical (unpaired) electrons. The number of aromatic hydroxyl groups is 1. The van der Waals surface area contributed by atoms with Crippen molar-refractivity contribution in [3.05, 3.63) is 77.9 Å². The Kier molecular flexibility index (Phi) is 6.24. The van der Waals surface area contributed by atoms with Crippen molar-refractivity contribution in [1.29, 1.82) is 0 Å². The van der Waals surface area contributed by atoms with Gasteiger partial charge in [-0.3, -0.25) is 4.90 Å². The van der Waals surface area contributed by atoms with Crippen LogP contribution in [0.3, 0.4) is 0 Å². The third-order valence-corrected chi connectivity index (χ3v) is 7.08. The number of carbonyl (C=O) groups is 1. The number of hydrogen-bond donors (Lipinski definition) is 1. The fraction of sp³-hybridized carbons (Fsp3) is 0.423. The predicted molar refractivity (Wildman–Crippen MR) is 118 cm³/mol. The molecule has 158 valence electrons. The van der Waals surface area contributed by atoms with Gasteiger partial charge in [-0.1, -0.05) is 55.0 Å². The molecule has 0 amide bonds. The number of piperidine rings is 1. The van der Waals surface area contributed by atoms with Crippen LogP contribution in [0.1, 0.15) is 36.8 Å². The number of phenols is 1. The Hall–Kier alpha value is -2.59. The van der Waals surface area contributed by atoms with Crippen LogP contribution in [0, 0.1) is 5.92 Å². The molecule has 2 aliphatic rings. The number of nitrogens with zero attached hydrogens (tertiary/aromatic N) is 1. The molecule has 0 aromatic heterocycles. The monoisotopic (exact) mass is 405 g/mol. The fourth-order valence-corrected chi connectivity index (χ4v) is 5.61. The maximum Gasteiger partial charge on any atom is 0.330 e. The van der Waals surface area contributed by atoms with Crippen LogP contribution in [-0.2, 0) is 21.4 Å². The van der Waals surface area contributed by atoms with Gasteiger partial charge in [-0.25, -0.2) is 4.79 Å². The van der Waals surface area contributed by atoms with E-state index in [1.54, 1.807) is 12.1 Å². The Labute approximate surface area is 179 Å². The lowest BCUT2D eigenvalue weighted by atomic mass is 9.56.